The van der Waals surface area contributed by atoms with Gasteiger partial charge in [-0.3, -0.25) is 24.4 Å². The average Bonchev–Trinajstić information content (AvgIpc) is 3.91. The number of likely N-dealkylation sites (N-methyl/N-ethyl adjacent to an activating group) is 1. The fourth-order valence-corrected chi connectivity index (χ4v) is 10.6. The molecule has 0 saturated carbocycles. The molecule has 0 radical (unpaired) electrons. The van der Waals surface area contributed by atoms with Crippen LogP contribution in [0.25, 0.3) is 11.3 Å². The second-order valence-electron chi connectivity index (χ2n) is 19.7. The van der Waals surface area contributed by atoms with E-state index in [-0.39, 0.29) is 43.0 Å². The number of amides is 1. The van der Waals surface area contributed by atoms with Crippen LogP contribution in [-0.2, 0) is 44.6 Å². The zero-order valence-electron chi connectivity index (χ0n) is 41.7. The fraction of sp³-hybridized carbons (Fsp3) is 0.640. The molecule has 4 heterocycles. The molecule has 0 spiro atoms. The summed E-state index contributed by atoms with van der Waals surface area (Å²) in [6, 6.07) is 13.5. The van der Waals surface area contributed by atoms with E-state index >= 15 is 0 Å². The van der Waals surface area contributed by atoms with Crippen LogP contribution < -0.4 is 0 Å². The predicted octanol–water partition coefficient (Wildman–Crippen LogP) is 6.49. The lowest BCUT2D eigenvalue weighted by Gasteiger charge is -2.48. The standard InChI is InChI=1S/C50H70N6O13/c1-12-39-50(8)43(55(48(61)69-50)24-17-16-23-54-28-37(51-52-54)35-21-18-22-36(26-35)56(62)63)31(4)40(57)29(2)27-49(7,64-11)44(32(5)41(58)33(6)45(59)66-39)68-47-42(38(53(9)10)25-30(3)65-47)67-46(60)34-19-14-13-15-20-34/h13-15,18-22,26,28-33,38-39,41-44,47,58H,12,16-17,23-25,27H2,1-11H3/t29-,30-,31+,32+,33-,38+,39-,41+,42-,43?,44-,47+,49+,50-/m1/s1. The highest BCUT2D eigenvalue weighted by Crippen LogP contribution is 2.44. The van der Waals surface area contributed by atoms with Gasteiger partial charge in [0.25, 0.3) is 5.69 Å². The van der Waals surface area contributed by atoms with Crippen LogP contribution in [-0.4, -0.2) is 146 Å². The number of unbranched alkanes of at least 4 members (excludes halogenated alkanes) is 1. The second kappa shape index (κ2) is 22.2. The molecule has 19 nitrogen and oxygen atoms in total. The minimum absolute atomic E-state index is 0.0596. The number of non-ortho nitro benzene ring substituents is 1. The van der Waals surface area contributed by atoms with Crippen LogP contribution >= 0.6 is 0 Å². The van der Waals surface area contributed by atoms with Gasteiger partial charge in [-0.25, -0.2) is 9.59 Å². The molecule has 0 bridgehead atoms. The van der Waals surface area contributed by atoms with Crippen molar-refractivity contribution in [3.8, 4) is 11.3 Å². The van der Waals surface area contributed by atoms with Crippen molar-refractivity contribution in [3.05, 3.63) is 76.5 Å². The first-order valence-electron chi connectivity index (χ1n) is 24.0. The molecule has 3 aromatic rings. The SMILES string of the molecule is CC[C@H]1OC(=O)[C@H](C)[C@@H](O)[C@H](C)[C@@H](O[C@@H]2O[C@H](C)C[C@H](N(C)C)[C@H]2OC(=O)c2ccccc2)[C@@](C)(OC)C[C@@H](C)C(=O)[C@H](C)C2N(CCCCn3cc(-c4cccc([N+](=O)[O-])c4)nn3)C(=O)O[C@@]21C. The number of aliphatic hydroxyl groups is 1. The Hall–Kier alpha value is -5.34. The predicted molar refractivity (Wildman–Crippen MR) is 252 cm³/mol. The summed E-state index contributed by atoms with van der Waals surface area (Å²) in [6.45, 7) is 14.7. The Morgan fingerprint density at radius 2 is 1.70 bits per heavy atom. The maximum Gasteiger partial charge on any atom is 0.410 e. The smallest absolute Gasteiger partial charge is 0.410 e. The molecule has 6 rings (SSSR count). The number of hydrogen-bond donors (Lipinski definition) is 1. The Balaban J connectivity index is 1.28. The molecule has 69 heavy (non-hydrogen) atoms. The number of benzene rings is 2. The number of carbonyl (C=O) groups is 4. The Morgan fingerprint density at radius 1 is 1.00 bits per heavy atom. The van der Waals surface area contributed by atoms with Gasteiger partial charge in [0.2, 0.25) is 0 Å². The van der Waals surface area contributed by atoms with Gasteiger partial charge in [0, 0.05) is 55.6 Å². The number of methoxy groups -OCH3 is 1. The molecule has 1 amide bonds. The third kappa shape index (κ3) is 11.5. The highest BCUT2D eigenvalue weighted by Gasteiger charge is 2.60. The number of aryl methyl sites for hydroxylation is 1. The first-order valence-corrected chi connectivity index (χ1v) is 24.0. The lowest BCUT2D eigenvalue weighted by Crippen LogP contribution is -2.61. The van der Waals surface area contributed by atoms with Crippen molar-refractivity contribution in [1.29, 1.82) is 0 Å². The number of esters is 2. The molecular weight excluding hydrogens is 893 g/mol. The lowest BCUT2D eigenvalue weighted by molar-refractivity contribution is -0.384. The van der Waals surface area contributed by atoms with Gasteiger partial charge in [-0.15, -0.1) is 5.10 Å². The zero-order chi connectivity index (χ0) is 50.5. The normalized spacial score (nSPS) is 33.6. The number of fused-ring (bicyclic) bond motifs is 1. The van der Waals surface area contributed by atoms with Crippen molar-refractivity contribution in [3.63, 3.8) is 0 Å². The van der Waals surface area contributed by atoms with E-state index in [0.29, 0.717) is 42.6 Å². The third-order valence-electron chi connectivity index (χ3n) is 14.5. The van der Waals surface area contributed by atoms with Crippen molar-refractivity contribution in [2.24, 2.45) is 23.7 Å². The molecule has 3 fully saturated rings. The Morgan fingerprint density at radius 3 is 2.35 bits per heavy atom. The topological polar surface area (TPSA) is 224 Å². The molecular formula is C50H70N6O13. The summed E-state index contributed by atoms with van der Waals surface area (Å²) < 4.78 is 40.0. The van der Waals surface area contributed by atoms with E-state index in [1.165, 1.54) is 19.2 Å². The summed E-state index contributed by atoms with van der Waals surface area (Å²) >= 11 is 0. The van der Waals surface area contributed by atoms with E-state index in [2.05, 4.69) is 10.3 Å². The van der Waals surface area contributed by atoms with Crippen LogP contribution in [0.4, 0.5) is 10.5 Å². The van der Waals surface area contributed by atoms with Crippen molar-refractivity contribution in [2.75, 3.05) is 27.7 Å². The van der Waals surface area contributed by atoms with Crippen LogP contribution in [0.3, 0.4) is 0 Å². The largest absolute Gasteiger partial charge is 0.458 e. The van der Waals surface area contributed by atoms with Gasteiger partial charge >= 0.3 is 18.0 Å². The van der Waals surface area contributed by atoms with E-state index in [1.54, 1.807) is 107 Å². The number of rotatable bonds is 14. The number of nitro groups is 1. The summed E-state index contributed by atoms with van der Waals surface area (Å²) in [7, 11) is 5.27. The van der Waals surface area contributed by atoms with E-state index in [4.69, 9.17) is 28.4 Å². The van der Waals surface area contributed by atoms with Crippen LogP contribution in [0.15, 0.2) is 60.8 Å². The number of nitrogens with zero attached hydrogens (tertiary/aromatic N) is 6. The molecule has 3 saturated heterocycles. The minimum atomic E-state index is -1.46. The molecule has 1 N–H and O–H groups in total. The monoisotopic (exact) mass is 963 g/mol. The highest BCUT2D eigenvalue weighted by atomic mass is 16.7. The van der Waals surface area contributed by atoms with E-state index in [1.807, 2.05) is 25.9 Å². The Bertz CT molecular complexity index is 2280. The molecule has 14 atom stereocenters. The summed E-state index contributed by atoms with van der Waals surface area (Å²) in [6.07, 6.45) is -2.96. The summed E-state index contributed by atoms with van der Waals surface area (Å²) in [4.78, 5) is 71.3. The van der Waals surface area contributed by atoms with E-state index in [9.17, 15) is 34.4 Å². The summed E-state index contributed by atoms with van der Waals surface area (Å²) in [5.74, 6) is -4.99. The number of ketones is 1. The van der Waals surface area contributed by atoms with Gasteiger partial charge < -0.3 is 43.3 Å². The number of aromatic nitrogens is 3. The Labute approximate surface area is 404 Å². The number of hydrogen-bond acceptors (Lipinski definition) is 16. The van der Waals surface area contributed by atoms with Crippen LogP contribution in [0.1, 0.15) is 97.9 Å². The van der Waals surface area contributed by atoms with Gasteiger partial charge in [0.15, 0.2) is 18.0 Å². The number of aliphatic hydroxyl groups excluding tert-OH is 1. The first kappa shape index (κ1) is 53.0. The average molecular weight is 963 g/mol. The van der Waals surface area contributed by atoms with Gasteiger partial charge in [-0.2, -0.15) is 0 Å². The van der Waals surface area contributed by atoms with Crippen LogP contribution in [0.5, 0.6) is 0 Å². The van der Waals surface area contributed by atoms with Crippen molar-refractivity contribution >= 4 is 29.5 Å². The van der Waals surface area contributed by atoms with Gasteiger partial charge in [0.05, 0.1) is 58.6 Å². The number of Topliss-reactive ketones (excluding diaryl/α,β-unsaturated/α-hetero) is 1. The molecule has 19 heteroatoms. The highest BCUT2D eigenvalue weighted by molar-refractivity contribution is 5.89. The van der Waals surface area contributed by atoms with Crippen molar-refractivity contribution < 1.29 is 57.6 Å². The number of ether oxygens (including phenoxy) is 6. The first-order chi connectivity index (χ1) is 32.6. The lowest BCUT2D eigenvalue weighted by atomic mass is 9.73. The number of carbonyl (C=O) groups excluding carboxylic acids is 4. The second-order valence-corrected chi connectivity index (χ2v) is 19.7. The molecule has 3 aliphatic heterocycles. The minimum Gasteiger partial charge on any atom is -0.458 e. The molecule has 1 unspecified atom stereocenters. The maximum atomic E-state index is 15.0. The van der Waals surface area contributed by atoms with Crippen molar-refractivity contribution in [1.82, 2.24) is 24.8 Å². The maximum absolute atomic E-state index is 15.0. The van der Waals surface area contributed by atoms with E-state index in [0.717, 1.165) is 0 Å². The molecule has 3 aliphatic rings. The summed E-state index contributed by atoms with van der Waals surface area (Å²) in [5.41, 5.74) is -1.47. The fourth-order valence-electron chi connectivity index (χ4n) is 10.6. The van der Waals surface area contributed by atoms with Gasteiger partial charge in [-0.05, 0) is 86.0 Å². The van der Waals surface area contributed by atoms with E-state index < -0.39 is 94.6 Å². The molecule has 378 valence electrons. The third-order valence-corrected chi connectivity index (χ3v) is 14.5. The number of nitro benzene ring substituents is 1. The molecule has 0 aliphatic carbocycles. The summed E-state index contributed by atoms with van der Waals surface area (Å²) in [5, 5.41) is 31.9. The number of cyclic esters (lactones) is 1. The quantitative estimate of drug-likeness (QED) is 0.0599. The van der Waals surface area contributed by atoms with Gasteiger partial charge in [-0.1, -0.05) is 63.2 Å². The van der Waals surface area contributed by atoms with Crippen LogP contribution in [0.2, 0.25) is 0 Å². The zero-order valence-corrected chi connectivity index (χ0v) is 41.7. The molecule has 1 aromatic heterocycles. The molecule has 2 aromatic carbocycles. The Kier molecular flexibility index (Phi) is 17.0. The van der Waals surface area contributed by atoms with Gasteiger partial charge in [0.1, 0.15) is 17.6 Å². The van der Waals surface area contributed by atoms with Crippen molar-refractivity contribution in [2.45, 2.75) is 154 Å². The van der Waals surface area contributed by atoms with Crippen LogP contribution in [0, 0.1) is 33.8 Å².